The van der Waals surface area contributed by atoms with Gasteiger partial charge in [0.1, 0.15) is 0 Å². The zero-order valence-corrected chi connectivity index (χ0v) is 11.5. The van der Waals surface area contributed by atoms with Gasteiger partial charge in [0.15, 0.2) is 0 Å². The van der Waals surface area contributed by atoms with Crippen molar-refractivity contribution >= 4 is 0 Å². The minimum absolute atomic E-state index is 0.278. The summed E-state index contributed by atoms with van der Waals surface area (Å²) in [4.78, 5) is 2.59. The Kier molecular flexibility index (Phi) is 3.44. The highest BCUT2D eigenvalue weighted by molar-refractivity contribution is 5.32. The number of aromatic nitrogens is 1. The molecule has 0 radical (unpaired) electrons. The van der Waals surface area contributed by atoms with Crippen molar-refractivity contribution in [1.82, 2.24) is 9.47 Å². The topological polar surface area (TPSA) is 34.2 Å². The molecule has 0 spiro atoms. The van der Waals surface area contributed by atoms with Gasteiger partial charge in [0.2, 0.25) is 0 Å². The SMILES string of the molecule is Cc1cc2c(n1CCN1CCCC1)CCCC2N. The second kappa shape index (κ2) is 5.06. The number of fused-ring (bicyclic) bond motifs is 1. The Labute approximate surface area is 110 Å². The fourth-order valence-corrected chi connectivity index (χ4v) is 3.56. The van der Waals surface area contributed by atoms with E-state index in [0.29, 0.717) is 0 Å². The first-order chi connectivity index (χ1) is 8.75. The average Bonchev–Trinajstić information content (AvgIpc) is 2.95. The van der Waals surface area contributed by atoms with E-state index in [9.17, 15) is 0 Å². The quantitative estimate of drug-likeness (QED) is 0.889. The molecule has 0 saturated carbocycles. The van der Waals surface area contributed by atoms with Crippen LogP contribution in [-0.2, 0) is 13.0 Å². The minimum Gasteiger partial charge on any atom is -0.347 e. The van der Waals surface area contributed by atoms with Gasteiger partial charge < -0.3 is 15.2 Å². The van der Waals surface area contributed by atoms with E-state index < -0.39 is 0 Å². The molecule has 2 N–H and O–H groups in total. The number of likely N-dealkylation sites (tertiary alicyclic amines) is 1. The Morgan fingerprint density at radius 2 is 2.00 bits per heavy atom. The number of nitrogens with two attached hydrogens (primary N) is 1. The Hall–Kier alpha value is -0.800. The number of hydrogen-bond donors (Lipinski definition) is 1. The van der Waals surface area contributed by atoms with Gasteiger partial charge in [0.05, 0.1) is 0 Å². The molecule has 1 atom stereocenters. The lowest BCUT2D eigenvalue weighted by Gasteiger charge is -2.22. The van der Waals surface area contributed by atoms with Crippen molar-refractivity contribution in [2.45, 2.75) is 51.6 Å². The lowest BCUT2D eigenvalue weighted by molar-refractivity contribution is 0.319. The van der Waals surface area contributed by atoms with Gasteiger partial charge in [0, 0.05) is 30.5 Å². The molecule has 0 amide bonds. The second-order valence-electron chi connectivity index (χ2n) is 5.89. The molecular weight excluding hydrogens is 222 g/mol. The number of rotatable bonds is 3. The van der Waals surface area contributed by atoms with Crippen LogP contribution in [0.1, 0.15) is 48.7 Å². The van der Waals surface area contributed by atoms with E-state index >= 15 is 0 Å². The van der Waals surface area contributed by atoms with Crippen LogP contribution in [0.2, 0.25) is 0 Å². The van der Waals surface area contributed by atoms with Crippen molar-refractivity contribution in [3.63, 3.8) is 0 Å². The fraction of sp³-hybridized carbons (Fsp3) is 0.733. The molecule has 1 unspecified atom stereocenters. The van der Waals surface area contributed by atoms with E-state index in [2.05, 4.69) is 22.5 Å². The van der Waals surface area contributed by atoms with Crippen molar-refractivity contribution in [2.24, 2.45) is 5.73 Å². The number of hydrogen-bond acceptors (Lipinski definition) is 2. The molecule has 2 heterocycles. The molecule has 3 nitrogen and oxygen atoms in total. The van der Waals surface area contributed by atoms with Crippen LogP contribution in [0.15, 0.2) is 6.07 Å². The van der Waals surface area contributed by atoms with Crippen LogP contribution in [0.25, 0.3) is 0 Å². The van der Waals surface area contributed by atoms with Gasteiger partial charge in [-0.3, -0.25) is 0 Å². The van der Waals surface area contributed by atoms with Crippen LogP contribution in [0.3, 0.4) is 0 Å². The molecular formula is C15H25N3. The summed E-state index contributed by atoms with van der Waals surface area (Å²) in [6.45, 7) is 7.17. The largest absolute Gasteiger partial charge is 0.347 e. The molecule has 1 aromatic rings. The van der Waals surface area contributed by atoms with Gasteiger partial charge in [0.25, 0.3) is 0 Å². The lowest BCUT2D eigenvalue weighted by Crippen LogP contribution is -2.26. The highest BCUT2D eigenvalue weighted by atomic mass is 15.2. The molecule has 1 aliphatic carbocycles. The lowest BCUT2D eigenvalue weighted by atomic mass is 9.93. The van der Waals surface area contributed by atoms with E-state index in [1.165, 1.54) is 62.3 Å². The first-order valence-corrected chi connectivity index (χ1v) is 7.42. The van der Waals surface area contributed by atoms with Crippen LogP contribution in [0.4, 0.5) is 0 Å². The molecule has 2 aliphatic rings. The zero-order chi connectivity index (χ0) is 12.5. The summed E-state index contributed by atoms with van der Waals surface area (Å²) in [6, 6.07) is 2.60. The van der Waals surface area contributed by atoms with Crippen molar-refractivity contribution < 1.29 is 0 Å². The number of nitrogens with zero attached hydrogens (tertiary/aromatic N) is 2. The van der Waals surface area contributed by atoms with Gasteiger partial charge in [-0.05, 0) is 63.7 Å². The van der Waals surface area contributed by atoms with Crippen molar-refractivity contribution in [2.75, 3.05) is 19.6 Å². The summed E-state index contributed by atoms with van der Waals surface area (Å²) in [7, 11) is 0. The van der Waals surface area contributed by atoms with Crippen molar-refractivity contribution in [3.05, 3.63) is 23.0 Å². The highest BCUT2D eigenvalue weighted by Crippen LogP contribution is 2.30. The Morgan fingerprint density at radius 3 is 2.78 bits per heavy atom. The van der Waals surface area contributed by atoms with Gasteiger partial charge in [-0.15, -0.1) is 0 Å². The van der Waals surface area contributed by atoms with E-state index in [4.69, 9.17) is 5.73 Å². The van der Waals surface area contributed by atoms with E-state index in [-0.39, 0.29) is 6.04 Å². The Balaban J connectivity index is 1.74. The van der Waals surface area contributed by atoms with Crippen LogP contribution >= 0.6 is 0 Å². The fourth-order valence-electron chi connectivity index (χ4n) is 3.56. The smallest absolute Gasteiger partial charge is 0.0352 e. The molecule has 3 heteroatoms. The van der Waals surface area contributed by atoms with E-state index in [1.807, 2.05) is 0 Å². The van der Waals surface area contributed by atoms with Gasteiger partial charge in [-0.1, -0.05) is 0 Å². The predicted octanol–water partition coefficient (Wildman–Crippen LogP) is 2.23. The maximum atomic E-state index is 6.22. The number of aryl methyl sites for hydroxylation is 1. The highest BCUT2D eigenvalue weighted by Gasteiger charge is 2.22. The third kappa shape index (κ3) is 2.21. The predicted molar refractivity (Wildman–Crippen MR) is 74.7 cm³/mol. The summed E-state index contributed by atoms with van der Waals surface area (Å²) in [5.41, 5.74) is 10.6. The Bertz CT molecular complexity index is 416. The maximum Gasteiger partial charge on any atom is 0.0352 e. The average molecular weight is 247 g/mol. The van der Waals surface area contributed by atoms with Crippen LogP contribution in [-0.4, -0.2) is 29.1 Å². The van der Waals surface area contributed by atoms with Gasteiger partial charge >= 0.3 is 0 Å². The van der Waals surface area contributed by atoms with Crippen LogP contribution in [0.5, 0.6) is 0 Å². The molecule has 1 aromatic heterocycles. The van der Waals surface area contributed by atoms with E-state index in [1.54, 1.807) is 0 Å². The summed E-state index contributed by atoms with van der Waals surface area (Å²) in [5.74, 6) is 0. The van der Waals surface area contributed by atoms with Crippen molar-refractivity contribution in [1.29, 1.82) is 0 Å². The zero-order valence-electron chi connectivity index (χ0n) is 11.5. The maximum absolute atomic E-state index is 6.22. The normalized spacial score (nSPS) is 24.4. The molecule has 100 valence electrons. The monoisotopic (exact) mass is 247 g/mol. The standard InChI is InChI=1S/C15H25N3/c1-12-11-13-14(16)5-4-6-15(13)18(12)10-9-17-7-2-3-8-17/h11,14H,2-10,16H2,1H3. The van der Waals surface area contributed by atoms with E-state index in [0.717, 1.165) is 13.0 Å². The molecule has 3 rings (SSSR count). The third-order valence-electron chi connectivity index (χ3n) is 4.62. The summed E-state index contributed by atoms with van der Waals surface area (Å²) in [6.07, 6.45) is 6.39. The first kappa shape index (κ1) is 12.2. The summed E-state index contributed by atoms with van der Waals surface area (Å²) >= 11 is 0. The third-order valence-corrected chi connectivity index (χ3v) is 4.62. The first-order valence-electron chi connectivity index (χ1n) is 7.42. The molecule has 0 bridgehead atoms. The molecule has 1 saturated heterocycles. The van der Waals surface area contributed by atoms with Gasteiger partial charge in [-0.25, -0.2) is 0 Å². The molecule has 18 heavy (non-hydrogen) atoms. The van der Waals surface area contributed by atoms with Crippen LogP contribution in [0, 0.1) is 6.92 Å². The van der Waals surface area contributed by atoms with Gasteiger partial charge in [-0.2, -0.15) is 0 Å². The molecule has 1 aliphatic heterocycles. The molecule has 0 aromatic carbocycles. The van der Waals surface area contributed by atoms with Crippen LogP contribution < -0.4 is 5.73 Å². The van der Waals surface area contributed by atoms with Crippen molar-refractivity contribution in [3.8, 4) is 0 Å². The summed E-state index contributed by atoms with van der Waals surface area (Å²) in [5, 5.41) is 0. The Morgan fingerprint density at radius 1 is 1.22 bits per heavy atom. The second-order valence-corrected chi connectivity index (χ2v) is 5.89. The molecule has 1 fully saturated rings. The minimum atomic E-state index is 0.278. The summed E-state index contributed by atoms with van der Waals surface area (Å²) < 4.78 is 2.52.